The van der Waals surface area contributed by atoms with Crippen LogP contribution in [0.2, 0.25) is 0 Å². The van der Waals surface area contributed by atoms with Gasteiger partial charge in [0.15, 0.2) is 0 Å². The van der Waals surface area contributed by atoms with Gasteiger partial charge in [-0.15, -0.1) is 0 Å². The summed E-state index contributed by atoms with van der Waals surface area (Å²) in [6.07, 6.45) is 8.47. The molecule has 0 nitrogen and oxygen atoms in total. The van der Waals surface area contributed by atoms with Crippen LogP contribution in [-0.2, 0) is 19.3 Å². The van der Waals surface area contributed by atoms with E-state index in [0.717, 1.165) is 6.42 Å². The summed E-state index contributed by atoms with van der Waals surface area (Å²) >= 11 is 0. The predicted molar refractivity (Wildman–Crippen MR) is 123 cm³/mol. The molecule has 0 radical (unpaired) electrons. The Morgan fingerprint density at radius 2 is 1.18 bits per heavy atom. The molecular weight excluding hydrogens is 336 g/mol. The summed E-state index contributed by atoms with van der Waals surface area (Å²) in [5.41, 5.74) is 13.5. The first-order valence-electron chi connectivity index (χ1n) is 11.2. The molecule has 0 bridgehead atoms. The van der Waals surface area contributed by atoms with E-state index in [9.17, 15) is 0 Å². The molecule has 0 saturated carbocycles. The van der Waals surface area contributed by atoms with Gasteiger partial charge < -0.3 is 0 Å². The van der Waals surface area contributed by atoms with Crippen LogP contribution in [0, 0.1) is 0 Å². The van der Waals surface area contributed by atoms with E-state index in [4.69, 9.17) is 0 Å². The second kappa shape index (κ2) is 8.35. The van der Waals surface area contributed by atoms with Crippen LogP contribution in [0.5, 0.6) is 0 Å². The molecule has 28 heavy (non-hydrogen) atoms. The first-order valence-corrected chi connectivity index (χ1v) is 11.2. The van der Waals surface area contributed by atoms with Gasteiger partial charge in [-0.3, -0.25) is 0 Å². The summed E-state index contributed by atoms with van der Waals surface area (Å²) in [5.74, 6) is 0. The number of unbranched alkanes of at least 4 members (excludes halogenated alkanes) is 1. The average molecular weight is 369 g/mol. The Balaban J connectivity index is 1.93. The Morgan fingerprint density at radius 3 is 1.93 bits per heavy atom. The number of rotatable bonds is 8. The minimum atomic E-state index is 1.16. The van der Waals surface area contributed by atoms with Gasteiger partial charge in [0.1, 0.15) is 0 Å². The molecule has 3 aromatic carbocycles. The second-order valence-electron chi connectivity index (χ2n) is 8.11. The van der Waals surface area contributed by atoms with E-state index in [2.05, 4.69) is 75.4 Å². The fourth-order valence-corrected chi connectivity index (χ4v) is 4.84. The third-order valence-corrected chi connectivity index (χ3v) is 6.14. The SMILES string of the molecule is CCCCc1ccc(CCC)c(-c2cccc3c2-c2ccccc2-3)c1CCC. The van der Waals surface area contributed by atoms with Crippen molar-refractivity contribution in [1.82, 2.24) is 0 Å². The third kappa shape index (κ3) is 3.20. The summed E-state index contributed by atoms with van der Waals surface area (Å²) < 4.78 is 0. The largest absolute Gasteiger partial charge is 0.0654 e. The quantitative estimate of drug-likeness (QED) is 0.294. The molecule has 1 aliphatic carbocycles. The molecular formula is C28H32. The highest BCUT2D eigenvalue weighted by Crippen LogP contribution is 2.52. The first-order chi connectivity index (χ1) is 13.8. The van der Waals surface area contributed by atoms with Crippen molar-refractivity contribution in [3.8, 4) is 33.4 Å². The lowest BCUT2D eigenvalue weighted by Crippen LogP contribution is -2.06. The first kappa shape index (κ1) is 19.0. The number of hydrogen-bond donors (Lipinski definition) is 0. The maximum Gasteiger partial charge on any atom is -0.00202 e. The number of fused-ring (bicyclic) bond motifs is 4. The molecule has 0 unspecified atom stereocenters. The van der Waals surface area contributed by atoms with Crippen molar-refractivity contribution in [3.05, 3.63) is 71.3 Å². The summed E-state index contributed by atoms with van der Waals surface area (Å²) in [4.78, 5) is 0. The predicted octanol–water partition coefficient (Wildman–Crippen LogP) is 8.25. The number of aryl methyl sites for hydroxylation is 2. The normalized spacial score (nSPS) is 11.7. The molecule has 0 amide bonds. The average Bonchev–Trinajstić information content (AvgIpc) is 2.71. The third-order valence-electron chi connectivity index (χ3n) is 6.14. The zero-order valence-electron chi connectivity index (χ0n) is 17.6. The van der Waals surface area contributed by atoms with Gasteiger partial charge in [-0.1, -0.05) is 94.6 Å². The number of benzene rings is 3. The van der Waals surface area contributed by atoms with Crippen LogP contribution >= 0.6 is 0 Å². The van der Waals surface area contributed by atoms with Crippen LogP contribution < -0.4 is 0 Å². The zero-order valence-corrected chi connectivity index (χ0v) is 17.6. The molecule has 0 spiro atoms. The number of hydrogen-bond acceptors (Lipinski definition) is 0. The zero-order chi connectivity index (χ0) is 19.5. The van der Waals surface area contributed by atoms with Crippen LogP contribution in [0.1, 0.15) is 63.1 Å². The molecule has 0 aromatic heterocycles. The smallest absolute Gasteiger partial charge is 0.00202 e. The van der Waals surface area contributed by atoms with E-state index in [1.165, 1.54) is 71.9 Å². The van der Waals surface area contributed by atoms with E-state index in [-0.39, 0.29) is 0 Å². The Kier molecular flexibility index (Phi) is 5.67. The van der Waals surface area contributed by atoms with Gasteiger partial charge in [0.25, 0.3) is 0 Å². The van der Waals surface area contributed by atoms with Crippen LogP contribution in [0.4, 0.5) is 0 Å². The topological polar surface area (TPSA) is 0 Å². The molecule has 0 fully saturated rings. The van der Waals surface area contributed by atoms with Crippen molar-refractivity contribution in [2.45, 2.75) is 65.7 Å². The van der Waals surface area contributed by atoms with E-state index in [1.807, 2.05) is 0 Å². The van der Waals surface area contributed by atoms with Gasteiger partial charge in [-0.05, 0) is 75.8 Å². The highest BCUT2D eigenvalue weighted by Gasteiger charge is 2.27. The highest BCUT2D eigenvalue weighted by molar-refractivity contribution is 6.09. The molecule has 1 aliphatic rings. The molecule has 0 heteroatoms. The lowest BCUT2D eigenvalue weighted by Gasteiger charge is -2.29. The highest BCUT2D eigenvalue weighted by atomic mass is 14.3. The lowest BCUT2D eigenvalue weighted by molar-refractivity contribution is 0.779. The summed E-state index contributed by atoms with van der Waals surface area (Å²) in [7, 11) is 0. The van der Waals surface area contributed by atoms with Crippen molar-refractivity contribution < 1.29 is 0 Å². The Hall–Kier alpha value is -2.34. The van der Waals surface area contributed by atoms with Gasteiger partial charge in [-0.25, -0.2) is 0 Å². The van der Waals surface area contributed by atoms with E-state index >= 15 is 0 Å². The van der Waals surface area contributed by atoms with Crippen LogP contribution in [-0.4, -0.2) is 0 Å². The van der Waals surface area contributed by atoms with E-state index in [0.29, 0.717) is 0 Å². The van der Waals surface area contributed by atoms with Crippen LogP contribution in [0.3, 0.4) is 0 Å². The molecule has 0 aliphatic heterocycles. The van der Waals surface area contributed by atoms with Crippen LogP contribution in [0.25, 0.3) is 33.4 Å². The summed E-state index contributed by atoms with van der Waals surface area (Å²) in [5, 5.41) is 0. The van der Waals surface area contributed by atoms with E-state index < -0.39 is 0 Å². The maximum atomic E-state index is 2.43. The monoisotopic (exact) mass is 368 g/mol. The fraction of sp³-hybridized carbons (Fsp3) is 0.357. The standard InChI is InChI=1S/C28H32/c1-4-7-13-20-18-19-21(11-5-2)27(22(20)12-6-3)26-17-10-16-25-23-14-8-9-15-24(23)28(25)26/h8-10,14-19H,4-7,11-13H2,1-3H3. The Bertz CT molecular complexity index is 977. The summed E-state index contributed by atoms with van der Waals surface area (Å²) in [6.45, 7) is 6.91. The minimum absolute atomic E-state index is 1.16. The van der Waals surface area contributed by atoms with Gasteiger partial charge in [0.2, 0.25) is 0 Å². The molecule has 0 N–H and O–H groups in total. The molecule has 0 atom stereocenters. The van der Waals surface area contributed by atoms with Gasteiger partial charge >= 0.3 is 0 Å². The molecule has 4 rings (SSSR count). The fourth-order valence-electron chi connectivity index (χ4n) is 4.84. The Labute approximate surface area is 170 Å². The van der Waals surface area contributed by atoms with Crippen molar-refractivity contribution >= 4 is 0 Å². The molecule has 3 aromatic rings. The maximum absolute atomic E-state index is 2.43. The van der Waals surface area contributed by atoms with Crippen molar-refractivity contribution in [2.75, 3.05) is 0 Å². The Morgan fingerprint density at radius 1 is 0.500 bits per heavy atom. The minimum Gasteiger partial charge on any atom is -0.0654 e. The second-order valence-corrected chi connectivity index (χ2v) is 8.11. The molecule has 0 heterocycles. The van der Waals surface area contributed by atoms with Crippen molar-refractivity contribution in [3.63, 3.8) is 0 Å². The van der Waals surface area contributed by atoms with Crippen LogP contribution in [0.15, 0.2) is 54.6 Å². The molecule has 144 valence electrons. The van der Waals surface area contributed by atoms with Crippen molar-refractivity contribution in [1.29, 1.82) is 0 Å². The van der Waals surface area contributed by atoms with Gasteiger partial charge in [-0.2, -0.15) is 0 Å². The van der Waals surface area contributed by atoms with Gasteiger partial charge in [0.05, 0.1) is 0 Å². The molecule has 0 saturated heterocycles. The van der Waals surface area contributed by atoms with Crippen molar-refractivity contribution in [2.24, 2.45) is 0 Å². The van der Waals surface area contributed by atoms with Gasteiger partial charge in [0, 0.05) is 0 Å². The van der Waals surface area contributed by atoms with E-state index in [1.54, 1.807) is 16.7 Å². The summed E-state index contributed by atoms with van der Waals surface area (Å²) in [6, 6.07) is 20.7. The lowest BCUT2D eigenvalue weighted by atomic mass is 9.74.